The first-order chi connectivity index (χ1) is 9.61. The lowest BCUT2D eigenvalue weighted by Gasteiger charge is -2.25. The highest BCUT2D eigenvalue weighted by molar-refractivity contribution is 7.80. The van der Waals surface area contributed by atoms with E-state index in [1.54, 1.807) is 6.07 Å². The zero-order valence-electron chi connectivity index (χ0n) is 10.8. The van der Waals surface area contributed by atoms with Crippen molar-refractivity contribution >= 4 is 23.0 Å². The maximum Gasteiger partial charge on any atom is 0.171 e. The molecular formula is C15H13FN2OS. The predicted octanol–water partition coefficient (Wildman–Crippen LogP) is 3.29. The molecule has 1 aromatic heterocycles. The van der Waals surface area contributed by atoms with E-state index in [1.807, 2.05) is 31.2 Å². The van der Waals surface area contributed by atoms with Gasteiger partial charge in [-0.25, -0.2) is 4.39 Å². The van der Waals surface area contributed by atoms with Gasteiger partial charge in [0.05, 0.1) is 11.7 Å². The predicted molar refractivity (Wildman–Crippen MR) is 79.4 cm³/mol. The molecule has 2 heterocycles. The Morgan fingerprint density at radius 2 is 2.10 bits per heavy atom. The summed E-state index contributed by atoms with van der Waals surface area (Å²) in [6.07, 6.45) is 1.93. The molecule has 0 amide bonds. The van der Waals surface area contributed by atoms with Crippen LogP contribution in [0, 0.1) is 12.7 Å². The third kappa shape index (κ3) is 2.58. The number of benzene rings is 1. The van der Waals surface area contributed by atoms with E-state index in [0.29, 0.717) is 10.9 Å². The monoisotopic (exact) mass is 288 g/mol. The summed E-state index contributed by atoms with van der Waals surface area (Å²) in [6.45, 7) is 1.88. The number of halogens is 1. The molecule has 0 unspecified atom stereocenters. The molecule has 1 atom stereocenters. The third-order valence-corrected chi connectivity index (χ3v) is 3.30. The summed E-state index contributed by atoms with van der Waals surface area (Å²) < 4.78 is 18.9. The molecule has 0 saturated heterocycles. The van der Waals surface area contributed by atoms with Gasteiger partial charge in [-0.1, -0.05) is 12.1 Å². The van der Waals surface area contributed by atoms with Crippen molar-refractivity contribution in [2.75, 3.05) is 0 Å². The van der Waals surface area contributed by atoms with Gasteiger partial charge in [-0.3, -0.25) is 0 Å². The summed E-state index contributed by atoms with van der Waals surface area (Å²) >= 11 is 5.20. The number of thiocarbonyl (C=S) groups is 1. The van der Waals surface area contributed by atoms with Crippen LogP contribution in [0.2, 0.25) is 0 Å². The topological polar surface area (TPSA) is 37.2 Å². The molecule has 2 aromatic rings. The van der Waals surface area contributed by atoms with Crippen LogP contribution in [0.1, 0.15) is 23.1 Å². The van der Waals surface area contributed by atoms with E-state index in [-0.39, 0.29) is 11.9 Å². The van der Waals surface area contributed by atoms with Gasteiger partial charge in [-0.05, 0) is 55.0 Å². The normalized spacial score (nSPS) is 18.2. The number of rotatable bonds is 2. The number of hydrogen-bond donors (Lipinski definition) is 2. The Balaban J connectivity index is 1.97. The molecule has 2 N–H and O–H groups in total. The Bertz CT molecular complexity index is 693. The van der Waals surface area contributed by atoms with Gasteiger partial charge in [0.15, 0.2) is 5.11 Å². The molecule has 102 valence electrons. The minimum atomic E-state index is -0.266. The van der Waals surface area contributed by atoms with Gasteiger partial charge in [0.1, 0.15) is 17.3 Å². The molecule has 0 spiro atoms. The van der Waals surface area contributed by atoms with Gasteiger partial charge >= 0.3 is 0 Å². The Morgan fingerprint density at radius 1 is 1.25 bits per heavy atom. The number of furan rings is 1. The molecule has 1 aromatic carbocycles. The van der Waals surface area contributed by atoms with Crippen molar-refractivity contribution in [1.82, 2.24) is 10.6 Å². The molecule has 3 nitrogen and oxygen atoms in total. The van der Waals surface area contributed by atoms with Crippen molar-refractivity contribution < 1.29 is 8.81 Å². The standard InChI is InChI=1S/C15H13FN2OS/c1-9-5-6-14(19-9)13-8-12(17-15(20)18-13)10-3-2-4-11(16)7-10/h2-8,12H,1H3,(H2,17,18,20)/t12-/m0/s1. The third-order valence-electron chi connectivity index (χ3n) is 3.08. The summed E-state index contributed by atoms with van der Waals surface area (Å²) in [6, 6.07) is 10.0. The van der Waals surface area contributed by atoms with Crippen LogP contribution in [0.25, 0.3) is 5.70 Å². The molecule has 0 radical (unpaired) electrons. The Labute approximate surface area is 121 Å². The minimum Gasteiger partial charge on any atom is -0.460 e. The summed E-state index contributed by atoms with van der Waals surface area (Å²) in [4.78, 5) is 0. The average molecular weight is 288 g/mol. The quantitative estimate of drug-likeness (QED) is 0.832. The van der Waals surface area contributed by atoms with Gasteiger partial charge in [0, 0.05) is 0 Å². The molecule has 0 saturated carbocycles. The number of aryl methyl sites for hydroxylation is 1. The van der Waals surface area contributed by atoms with Crippen LogP contribution in [-0.2, 0) is 0 Å². The summed E-state index contributed by atoms with van der Waals surface area (Å²) in [7, 11) is 0. The van der Waals surface area contributed by atoms with Crippen LogP contribution in [-0.4, -0.2) is 5.11 Å². The number of nitrogens with one attached hydrogen (secondary N) is 2. The average Bonchev–Trinajstić information content (AvgIpc) is 2.85. The van der Waals surface area contributed by atoms with Crippen LogP contribution in [0.3, 0.4) is 0 Å². The first-order valence-electron chi connectivity index (χ1n) is 6.23. The van der Waals surface area contributed by atoms with Gasteiger partial charge < -0.3 is 15.1 Å². The van der Waals surface area contributed by atoms with Crippen LogP contribution in [0.5, 0.6) is 0 Å². The Morgan fingerprint density at radius 3 is 2.80 bits per heavy atom. The fraction of sp³-hybridized carbons (Fsp3) is 0.133. The molecule has 1 aliphatic heterocycles. The SMILES string of the molecule is Cc1ccc(C2=C[C@@H](c3cccc(F)c3)NC(=S)N2)o1. The molecular weight excluding hydrogens is 275 g/mol. The first kappa shape index (κ1) is 12.9. The van der Waals surface area contributed by atoms with Crippen molar-refractivity contribution in [3.63, 3.8) is 0 Å². The smallest absolute Gasteiger partial charge is 0.171 e. The van der Waals surface area contributed by atoms with Gasteiger partial charge in [-0.15, -0.1) is 0 Å². The lowest BCUT2D eigenvalue weighted by Crippen LogP contribution is -2.40. The van der Waals surface area contributed by atoms with E-state index < -0.39 is 0 Å². The van der Waals surface area contributed by atoms with Gasteiger partial charge in [-0.2, -0.15) is 0 Å². The van der Waals surface area contributed by atoms with E-state index in [0.717, 1.165) is 17.0 Å². The zero-order chi connectivity index (χ0) is 14.1. The molecule has 3 rings (SSSR count). The highest BCUT2D eigenvalue weighted by Crippen LogP contribution is 2.24. The highest BCUT2D eigenvalue weighted by Gasteiger charge is 2.20. The molecule has 20 heavy (non-hydrogen) atoms. The second kappa shape index (κ2) is 5.09. The molecule has 0 bridgehead atoms. The molecule has 5 heteroatoms. The lowest BCUT2D eigenvalue weighted by molar-refractivity contribution is 0.517. The van der Waals surface area contributed by atoms with E-state index in [4.69, 9.17) is 16.6 Å². The van der Waals surface area contributed by atoms with E-state index in [2.05, 4.69) is 10.6 Å². The van der Waals surface area contributed by atoms with Crippen LogP contribution < -0.4 is 10.6 Å². The second-order valence-corrected chi connectivity index (χ2v) is 5.03. The molecule has 0 fully saturated rings. The maximum atomic E-state index is 13.3. The van der Waals surface area contributed by atoms with Crippen molar-refractivity contribution in [3.8, 4) is 0 Å². The van der Waals surface area contributed by atoms with E-state index in [1.165, 1.54) is 12.1 Å². The summed E-state index contributed by atoms with van der Waals surface area (Å²) in [5, 5.41) is 6.65. The Hall–Kier alpha value is -2.14. The number of hydrogen-bond acceptors (Lipinski definition) is 2. The van der Waals surface area contributed by atoms with Crippen molar-refractivity contribution in [3.05, 3.63) is 65.4 Å². The highest BCUT2D eigenvalue weighted by atomic mass is 32.1. The minimum absolute atomic E-state index is 0.181. The molecule has 1 aliphatic rings. The summed E-state index contributed by atoms with van der Waals surface area (Å²) in [5.74, 6) is 1.28. The fourth-order valence-electron chi connectivity index (χ4n) is 2.15. The van der Waals surface area contributed by atoms with Gasteiger partial charge in [0.2, 0.25) is 0 Å². The maximum absolute atomic E-state index is 13.3. The second-order valence-electron chi connectivity index (χ2n) is 4.62. The summed E-state index contributed by atoms with van der Waals surface area (Å²) in [5.41, 5.74) is 1.60. The lowest BCUT2D eigenvalue weighted by atomic mass is 10.0. The van der Waals surface area contributed by atoms with Crippen molar-refractivity contribution in [2.24, 2.45) is 0 Å². The van der Waals surface area contributed by atoms with E-state index >= 15 is 0 Å². The van der Waals surface area contributed by atoms with Gasteiger partial charge in [0.25, 0.3) is 0 Å². The van der Waals surface area contributed by atoms with Crippen molar-refractivity contribution in [2.45, 2.75) is 13.0 Å². The van der Waals surface area contributed by atoms with Crippen LogP contribution in [0.4, 0.5) is 4.39 Å². The first-order valence-corrected chi connectivity index (χ1v) is 6.64. The fourth-order valence-corrected chi connectivity index (χ4v) is 2.39. The largest absolute Gasteiger partial charge is 0.460 e. The van der Waals surface area contributed by atoms with Crippen molar-refractivity contribution in [1.29, 1.82) is 0 Å². The molecule has 0 aliphatic carbocycles. The van der Waals surface area contributed by atoms with Crippen LogP contribution >= 0.6 is 12.2 Å². The Kier molecular flexibility index (Phi) is 3.28. The zero-order valence-corrected chi connectivity index (χ0v) is 11.6. The van der Waals surface area contributed by atoms with Crippen LogP contribution in [0.15, 0.2) is 46.9 Å². The van der Waals surface area contributed by atoms with E-state index in [9.17, 15) is 4.39 Å².